The van der Waals surface area contributed by atoms with Crippen LogP contribution in [-0.2, 0) is 10.1 Å². The van der Waals surface area contributed by atoms with E-state index in [1.807, 2.05) is 0 Å². The van der Waals surface area contributed by atoms with Crippen molar-refractivity contribution in [1.29, 1.82) is 0 Å². The normalized spacial score (nSPS) is 10.7. The monoisotopic (exact) mass is 294 g/mol. The second kappa shape index (κ2) is 7.06. The Kier molecular flexibility index (Phi) is 7.28. The standard InChI is InChI=1S/C8H8Cl2O4S.Na.H/c9-3-4-14-7-2-1-6(10)5-8(7)15(11,12)13;;/h1-2,5H,3-4H2,(H,11,12,13);;. The Morgan fingerprint density at radius 2 is 2.00 bits per heavy atom. The second-order valence-electron chi connectivity index (χ2n) is 2.60. The van der Waals surface area contributed by atoms with Crippen LogP contribution < -0.4 is 4.74 Å². The molecule has 0 aliphatic carbocycles. The number of alkyl halides is 1. The van der Waals surface area contributed by atoms with Gasteiger partial charge in [0.05, 0.1) is 5.88 Å². The van der Waals surface area contributed by atoms with Gasteiger partial charge in [-0.1, -0.05) is 11.6 Å². The minimum atomic E-state index is -4.34. The molecule has 1 rings (SSSR count). The third kappa shape index (κ3) is 4.79. The summed E-state index contributed by atoms with van der Waals surface area (Å²) in [5, 5.41) is 0.195. The maximum atomic E-state index is 11.0. The zero-order chi connectivity index (χ0) is 11.5. The predicted octanol–water partition coefficient (Wildman–Crippen LogP) is 1.56. The van der Waals surface area contributed by atoms with E-state index < -0.39 is 10.1 Å². The van der Waals surface area contributed by atoms with Crippen molar-refractivity contribution in [2.24, 2.45) is 0 Å². The molecular formula is C8H9Cl2NaO4S. The summed E-state index contributed by atoms with van der Waals surface area (Å²) in [5.41, 5.74) is 0. The van der Waals surface area contributed by atoms with Crippen molar-refractivity contribution in [3.8, 4) is 5.75 Å². The Morgan fingerprint density at radius 3 is 2.50 bits per heavy atom. The average Bonchev–Trinajstić information content (AvgIpc) is 2.14. The van der Waals surface area contributed by atoms with Crippen LogP contribution in [0.5, 0.6) is 5.75 Å². The van der Waals surface area contributed by atoms with Crippen LogP contribution in [0.15, 0.2) is 23.1 Å². The van der Waals surface area contributed by atoms with E-state index in [4.69, 9.17) is 32.5 Å². The van der Waals surface area contributed by atoms with Gasteiger partial charge in [-0.3, -0.25) is 4.55 Å². The molecule has 1 aromatic carbocycles. The average molecular weight is 295 g/mol. The Hall–Kier alpha value is 0.510. The molecule has 0 amide bonds. The third-order valence-corrected chi connectivity index (χ3v) is 2.78. The molecule has 0 atom stereocenters. The van der Waals surface area contributed by atoms with E-state index in [-0.39, 0.29) is 57.7 Å². The Labute approximate surface area is 126 Å². The van der Waals surface area contributed by atoms with Gasteiger partial charge in [-0.2, -0.15) is 8.42 Å². The molecule has 0 fully saturated rings. The molecule has 0 saturated heterocycles. The third-order valence-electron chi connectivity index (χ3n) is 1.52. The van der Waals surface area contributed by atoms with Crippen LogP contribution in [0.2, 0.25) is 5.02 Å². The van der Waals surface area contributed by atoms with Gasteiger partial charge in [-0.05, 0) is 18.2 Å². The van der Waals surface area contributed by atoms with Crippen molar-refractivity contribution >= 4 is 62.9 Å². The number of halogens is 2. The summed E-state index contributed by atoms with van der Waals surface area (Å²) >= 11 is 11.0. The van der Waals surface area contributed by atoms with Crippen molar-refractivity contribution in [2.45, 2.75) is 4.90 Å². The van der Waals surface area contributed by atoms with E-state index in [0.717, 1.165) is 6.07 Å². The van der Waals surface area contributed by atoms with Gasteiger partial charge in [0.25, 0.3) is 10.1 Å². The van der Waals surface area contributed by atoms with Gasteiger partial charge in [-0.15, -0.1) is 11.6 Å². The summed E-state index contributed by atoms with van der Waals surface area (Å²) in [6.45, 7) is 0.145. The van der Waals surface area contributed by atoms with Crippen molar-refractivity contribution in [2.75, 3.05) is 12.5 Å². The quantitative estimate of drug-likeness (QED) is 0.520. The molecule has 0 bridgehead atoms. The molecule has 0 heterocycles. The van der Waals surface area contributed by atoms with Gasteiger partial charge < -0.3 is 4.74 Å². The van der Waals surface area contributed by atoms with Gasteiger partial charge in [0, 0.05) is 5.02 Å². The van der Waals surface area contributed by atoms with Crippen LogP contribution in [0.3, 0.4) is 0 Å². The van der Waals surface area contributed by atoms with Crippen LogP contribution >= 0.6 is 23.2 Å². The van der Waals surface area contributed by atoms with E-state index in [0.29, 0.717) is 0 Å². The summed E-state index contributed by atoms with van der Waals surface area (Å²) < 4.78 is 35.8. The Balaban J connectivity index is 0.00000225. The first-order chi connectivity index (χ1) is 6.95. The first kappa shape index (κ1) is 16.5. The van der Waals surface area contributed by atoms with Gasteiger partial charge in [0.1, 0.15) is 17.3 Å². The first-order valence-corrected chi connectivity index (χ1v) is 6.26. The van der Waals surface area contributed by atoms with Gasteiger partial charge >= 0.3 is 29.6 Å². The summed E-state index contributed by atoms with van der Waals surface area (Å²) in [7, 11) is -4.34. The van der Waals surface area contributed by atoms with Crippen LogP contribution in [-0.4, -0.2) is 55.0 Å². The molecule has 1 aromatic rings. The van der Waals surface area contributed by atoms with Crippen LogP contribution in [0, 0.1) is 0 Å². The van der Waals surface area contributed by atoms with Crippen LogP contribution in [0.4, 0.5) is 0 Å². The van der Waals surface area contributed by atoms with Crippen molar-refractivity contribution < 1.29 is 17.7 Å². The van der Waals surface area contributed by atoms with E-state index in [2.05, 4.69) is 0 Å². The zero-order valence-electron chi connectivity index (χ0n) is 7.48. The number of hydrogen-bond donors (Lipinski definition) is 1. The maximum absolute atomic E-state index is 11.0. The predicted molar refractivity (Wildman–Crippen MR) is 64.6 cm³/mol. The minimum absolute atomic E-state index is 0. The molecule has 0 spiro atoms. The van der Waals surface area contributed by atoms with Gasteiger partial charge in [0.2, 0.25) is 0 Å². The molecule has 16 heavy (non-hydrogen) atoms. The van der Waals surface area contributed by atoms with Gasteiger partial charge in [0.15, 0.2) is 0 Å². The van der Waals surface area contributed by atoms with Crippen molar-refractivity contribution in [3.05, 3.63) is 23.2 Å². The van der Waals surface area contributed by atoms with E-state index in [1.165, 1.54) is 12.1 Å². The van der Waals surface area contributed by atoms with Crippen LogP contribution in [0.25, 0.3) is 0 Å². The molecule has 86 valence electrons. The topological polar surface area (TPSA) is 63.6 Å². The molecular weight excluding hydrogens is 286 g/mol. The molecule has 0 unspecified atom stereocenters. The second-order valence-corrected chi connectivity index (χ2v) is 4.81. The number of ether oxygens (including phenoxy) is 1. The zero-order valence-corrected chi connectivity index (χ0v) is 9.81. The number of hydrogen-bond acceptors (Lipinski definition) is 3. The number of rotatable bonds is 4. The summed E-state index contributed by atoms with van der Waals surface area (Å²) in [6, 6.07) is 3.93. The molecule has 0 aliphatic heterocycles. The van der Waals surface area contributed by atoms with Crippen molar-refractivity contribution in [1.82, 2.24) is 0 Å². The summed E-state index contributed by atoms with van der Waals surface area (Å²) in [4.78, 5) is -0.361. The van der Waals surface area contributed by atoms with E-state index >= 15 is 0 Å². The molecule has 0 aromatic heterocycles. The van der Waals surface area contributed by atoms with E-state index in [1.54, 1.807) is 0 Å². The molecule has 0 saturated carbocycles. The first-order valence-electron chi connectivity index (χ1n) is 3.91. The molecule has 0 aliphatic rings. The fraction of sp³-hybridized carbons (Fsp3) is 0.250. The van der Waals surface area contributed by atoms with Crippen molar-refractivity contribution in [3.63, 3.8) is 0 Å². The Bertz CT molecular complexity index is 449. The SMILES string of the molecule is O=S(=O)(O)c1cc(Cl)ccc1OCCCl.[NaH]. The molecule has 8 heteroatoms. The molecule has 0 radical (unpaired) electrons. The molecule has 1 N–H and O–H groups in total. The van der Waals surface area contributed by atoms with Crippen LogP contribution in [0.1, 0.15) is 0 Å². The van der Waals surface area contributed by atoms with E-state index in [9.17, 15) is 8.42 Å². The van der Waals surface area contributed by atoms with Gasteiger partial charge in [-0.25, -0.2) is 0 Å². The fourth-order valence-electron chi connectivity index (χ4n) is 0.951. The molecule has 4 nitrogen and oxygen atoms in total. The summed E-state index contributed by atoms with van der Waals surface area (Å²) in [6.07, 6.45) is 0. The Morgan fingerprint density at radius 1 is 1.38 bits per heavy atom. The number of benzene rings is 1. The fourth-order valence-corrected chi connectivity index (χ4v) is 1.92. The summed E-state index contributed by atoms with van der Waals surface area (Å²) in [5.74, 6) is 0.246.